The van der Waals surface area contributed by atoms with Gasteiger partial charge in [-0.2, -0.15) is 0 Å². The third kappa shape index (κ3) is 6.02. The molecule has 0 aliphatic carbocycles. The normalized spacial score (nSPS) is 13.9. The minimum Gasteiger partial charge on any atom is -0.491 e. The molecule has 3 aromatic rings. The van der Waals surface area contributed by atoms with E-state index in [2.05, 4.69) is 5.32 Å². The van der Waals surface area contributed by atoms with Crippen LogP contribution < -0.4 is 15.9 Å². The number of carbonyl (C=O) groups excluding carboxylic acids is 1. The van der Waals surface area contributed by atoms with E-state index in [-0.39, 0.29) is 18.4 Å². The molecule has 8 nitrogen and oxygen atoms in total. The maximum absolute atomic E-state index is 12.5. The Kier molecular flexibility index (Phi) is 6.84. The van der Waals surface area contributed by atoms with E-state index >= 15 is 0 Å². The first-order valence-corrected chi connectivity index (χ1v) is 11.7. The Morgan fingerprint density at radius 2 is 1.80 bits per heavy atom. The Balaban J connectivity index is 1.31. The van der Waals surface area contributed by atoms with Gasteiger partial charge in [0, 0.05) is 31.4 Å². The molecule has 1 aliphatic heterocycles. The summed E-state index contributed by atoms with van der Waals surface area (Å²) in [5.74, 6) is 6.99. The van der Waals surface area contributed by atoms with Crippen molar-refractivity contribution >= 4 is 11.7 Å². The number of aromatic nitrogens is 1. The topological polar surface area (TPSA) is 117 Å². The lowest BCUT2D eigenvalue weighted by Crippen LogP contribution is -2.56. The summed E-state index contributed by atoms with van der Waals surface area (Å²) >= 11 is 0. The van der Waals surface area contributed by atoms with Gasteiger partial charge in [0.1, 0.15) is 23.9 Å². The third-order valence-electron chi connectivity index (χ3n) is 6.03. The molecular formula is C27H33N5O3. The van der Waals surface area contributed by atoms with Gasteiger partial charge in [-0.25, -0.2) is 0 Å². The molecule has 184 valence electrons. The fraction of sp³-hybridized carbons (Fsp3) is 0.333. The van der Waals surface area contributed by atoms with E-state index in [1.54, 1.807) is 20.0 Å². The maximum Gasteiger partial charge on any atom is 0.226 e. The Labute approximate surface area is 205 Å². The zero-order valence-electron chi connectivity index (χ0n) is 20.4. The van der Waals surface area contributed by atoms with Crippen molar-refractivity contribution in [2.45, 2.75) is 32.9 Å². The number of nitrogens with zero attached hydrogens (tertiary/aromatic N) is 2. The summed E-state index contributed by atoms with van der Waals surface area (Å²) in [6, 6.07) is 17.5. The summed E-state index contributed by atoms with van der Waals surface area (Å²) in [5.41, 5.74) is 3.76. The van der Waals surface area contributed by atoms with Crippen molar-refractivity contribution in [3.05, 3.63) is 77.6 Å². The van der Waals surface area contributed by atoms with Crippen molar-refractivity contribution in [2.24, 2.45) is 5.92 Å². The standard InChI is InChI=1S/C27H33N5O3/c1-18-4-6-19(7-5-18)13-30-26(33)22-14-31(15-22)25(28)24-12-21(16-32(24)29)20-8-10-23(11-9-20)35-17-27(2,3)34/h4-12,16,22,28,34H,13-15,17,29H2,1-3H3,(H,30,33). The molecule has 0 saturated carbocycles. The van der Waals surface area contributed by atoms with Crippen molar-refractivity contribution in [1.82, 2.24) is 14.9 Å². The summed E-state index contributed by atoms with van der Waals surface area (Å²) in [6.07, 6.45) is 1.78. The molecule has 0 bridgehead atoms. The number of nitrogens with two attached hydrogens (primary N) is 1. The van der Waals surface area contributed by atoms with Gasteiger partial charge in [-0.05, 0) is 50.1 Å². The molecule has 1 saturated heterocycles. The molecular weight excluding hydrogens is 442 g/mol. The molecule has 0 unspecified atom stereocenters. The first kappa shape index (κ1) is 24.3. The molecule has 4 rings (SSSR count). The molecule has 1 fully saturated rings. The maximum atomic E-state index is 12.5. The number of amides is 1. The van der Waals surface area contributed by atoms with Gasteiger partial charge < -0.3 is 25.9 Å². The van der Waals surface area contributed by atoms with E-state index < -0.39 is 5.60 Å². The first-order valence-electron chi connectivity index (χ1n) is 11.7. The number of nitrogen functional groups attached to an aromatic ring is 1. The minimum atomic E-state index is -0.900. The van der Waals surface area contributed by atoms with Crippen LogP contribution in [-0.2, 0) is 11.3 Å². The molecule has 0 radical (unpaired) electrons. The lowest BCUT2D eigenvalue weighted by atomic mass is 9.98. The zero-order chi connectivity index (χ0) is 25.2. The highest BCUT2D eigenvalue weighted by molar-refractivity contribution is 5.98. The first-order chi connectivity index (χ1) is 16.6. The molecule has 2 aromatic carbocycles. The monoisotopic (exact) mass is 475 g/mol. The van der Waals surface area contributed by atoms with Gasteiger partial charge in [0.05, 0.1) is 11.5 Å². The van der Waals surface area contributed by atoms with Crippen molar-refractivity contribution in [3.63, 3.8) is 0 Å². The SMILES string of the molecule is Cc1ccc(CNC(=O)C2CN(C(=N)c3cc(-c4ccc(OCC(C)(C)O)cc4)cn3N)C2)cc1. The Morgan fingerprint density at radius 3 is 2.43 bits per heavy atom. The highest BCUT2D eigenvalue weighted by Gasteiger charge is 2.35. The van der Waals surface area contributed by atoms with Crippen LogP contribution in [0.5, 0.6) is 5.75 Å². The summed E-state index contributed by atoms with van der Waals surface area (Å²) in [7, 11) is 0. The number of nitrogens with one attached hydrogen (secondary N) is 2. The molecule has 1 aliphatic rings. The number of amidine groups is 1. The number of hydrogen-bond donors (Lipinski definition) is 4. The van der Waals surface area contributed by atoms with Crippen molar-refractivity contribution in [1.29, 1.82) is 5.41 Å². The van der Waals surface area contributed by atoms with E-state index in [4.69, 9.17) is 16.0 Å². The van der Waals surface area contributed by atoms with Gasteiger partial charge in [-0.1, -0.05) is 42.0 Å². The van der Waals surface area contributed by atoms with Crippen molar-refractivity contribution in [3.8, 4) is 16.9 Å². The molecule has 0 spiro atoms. The smallest absolute Gasteiger partial charge is 0.226 e. The van der Waals surface area contributed by atoms with Gasteiger partial charge >= 0.3 is 0 Å². The number of carbonyl (C=O) groups is 1. The average Bonchev–Trinajstić information content (AvgIpc) is 3.17. The van der Waals surface area contributed by atoms with Gasteiger partial charge in [0.15, 0.2) is 0 Å². The zero-order valence-corrected chi connectivity index (χ0v) is 20.4. The summed E-state index contributed by atoms with van der Waals surface area (Å²) in [6.45, 7) is 7.11. The van der Waals surface area contributed by atoms with Crippen LogP contribution in [0.25, 0.3) is 11.1 Å². The molecule has 2 heterocycles. The van der Waals surface area contributed by atoms with E-state index in [0.717, 1.165) is 16.7 Å². The third-order valence-corrected chi connectivity index (χ3v) is 6.03. The lowest BCUT2D eigenvalue weighted by molar-refractivity contribution is -0.128. The average molecular weight is 476 g/mol. The van der Waals surface area contributed by atoms with Gasteiger partial charge in [0.25, 0.3) is 0 Å². The fourth-order valence-corrected chi connectivity index (χ4v) is 3.86. The van der Waals surface area contributed by atoms with Gasteiger partial charge in [0.2, 0.25) is 5.91 Å². The quantitative estimate of drug-likeness (QED) is 0.227. The lowest BCUT2D eigenvalue weighted by Gasteiger charge is -2.39. The Morgan fingerprint density at radius 1 is 1.14 bits per heavy atom. The van der Waals surface area contributed by atoms with Crippen LogP contribution in [0.1, 0.15) is 30.7 Å². The van der Waals surface area contributed by atoms with Crippen LogP contribution in [0.15, 0.2) is 60.8 Å². The molecule has 35 heavy (non-hydrogen) atoms. The second-order valence-electron chi connectivity index (χ2n) is 9.80. The summed E-state index contributed by atoms with van der Waals surface area (Å²) in [5, 5.41) is 21.4. The predicted octanol–water partition coefficient (Wildman–Crippen LogP) is 2.90. The van der Waals surface area contributed by atoms with Gasteiger partial charge in [-0.3, -0.25) is 14.9 Å². The number of likely N-dealkylation sites (tertiary alicyclic amines) is 1. The van der Waals surface area contributed by atoms with Crippen LogP contribution in [0, 0.1) is 18.3 Å². The van der Waals surface area contributed by atoms with Crippen molar-refractivity contribution in [2.75, 3.05) is 25.5 Å². The number of rotatable bonds is 8. The summed E-state index contributed by atoms with van der Waals surface area (Å²) in [4.78, 5) is 14.3. The van der Waals surface area contributed by atoms with Crippen LogP contribution in [0.4, 0.5) is 0 Å². The number of hydrogen-bond acceptors (Lipinski definition) is 5. The molecule has 1 amide bonds. The number of benzene rings is 2. The van der Waals surface area contributed by atoms with E-state index in [1.807, 2.05) is 66.4 Å². The second-order valence-corrected chi connectivity index (χ2v) is 9.80. The number of ether oxygens (including phenoxy) is 1. The highest BCUT2D eigenvalue weighted by Crippen LogP contribution is 2.26. The number of aryl methyl sites for hydroxylation is 1. The summed E-state index contributed by atoms with van der Waals surface area (Å²) < 4.78 is 7.05. The van der Waals surface area contributed by atoms with Crippen LogP contribution in [0.3, 0.4) is 0 Å². The van der Waals surface area contributed by atoms with E-state index in [1.165, 1.54) is 10.2 Å². The Hall–Kier alpha value is -3.78. The van der Waals surface area contributed by atoms with E-state index in [0.29, 0.717) is 36.9 Å². The predicted molar refractivity (Wildman–Crippen MR) is 137 cm³/mol. The molecule has 0 atom stereocenters. The van der Waals surface area contributed by atoms with Gasteiger partial charge in [-0.15, -0.1) is 0 Å². The minimum absolute atomic E-state index is 0.00494. The van der Waals surface area contributed by atoms with Crippen LogP contribution in [0.2, 0.25) is 0 Å². The Bertz CT molecular complexity index is 1190. The molecule has 5 N–H and O–H groups in total. The fourth-order valence-electron chi connectivity index (χ4n) is 3.86. The molecule has 8 heteroatoms. The highest BCUT2D eigenvalue weighted by atomic mass is 16.5. The van der Waals surface area contributed by atoms with E-state index in [9.17, 15) is 9.90 Å². The largest absolute Gasteiger partial charge is 0.491 e. The second kappa shape index (κ2) is 9.84. The van der Waals surface area contributed by atoms with Crippen LogP contribution >= 0.6 is 0 Å². The van der Waals surface area contributed by atoms with Crippen molar-refractivity contribution < 1.29 is 14.6 Å². The van der Waals surface area contributed by atoms with Crippen LogP contribution in [-0.4, -0.2) is 51.7 Å². The molecule has 1 aromatic heterocycles. The number of aliphatic hydroxyl groups is 1.